The first kappa shape index (κ1) is 13.2. The molecule has 1 heterocycles. The lowest BCUT2D eigenvalue weighted by molar-refractivity contribution is 1.19. The van der Waals surface area contributed by atoms with Crippen molar-refractivity contribution in [3.05, 3.63) is 84.1 Å². The maximum absolute atomic E-state index is 5.90. The number of pyridine rings is 1. The van der Waals surface area contributed by atoms with E-state index in [0.29, 0.717) is 5.82 Å². The van der Waals surface area contributed by atoms with Crippen LogP contribution in [-0.2, 0) is 6.42 Å². The predicted octanol–water partition coefficient (Wildman–Crippen LogP) is 4.00. The van der Waals surface area contributed by atoms with Gasteiger partial charge >= 0.3 is 0 Å². The van der Waals surface area contributed by atoms with E-state index in [2.05, 4.69) is 52.8 Å². The summed E-state index contributed by atoms with van der Waals surface area (Å²) in [5.41, 5.74) is 10.3. The van der Waals surface area contributed by atoms with E-state index in [4.69, 9.17) is 5.73 Å². The van der Waals surface area contributed by atoms with Crippen LogP contribution in [0.5, 0.6) is 0 Å². The van der Waals surface area contributed by atoms with Gasteiger partial charge in [-0.3, -0.25) is 0 Å². The van der Waals surface area contributed by atoms with Crippen molar-refractivity contribution in [3.8, 4) is 0 Å². The van der Waals surface area contributed by atoms with Gasteiger partial charge in [-0.15, -0.1) is 0 Å². The van der Waals surface area contributed by atoms with Gasteiger partial charge in [-0.25, -0.2) is 4.98 Å². The minimum Gasteiger partial charge on any atom is -0.382 e. The molecule has 0 aliphatic rings. The van der Waals surface area contributed by atoms with E-state index < -0.39 is 0 Å². The van der Waals surface area contributed by atoms with E-state index in [1.807, 2.05) is 24.3 Å². The first-order valence-corrected chi connectivity index (χ1v) is 6.92. The molecule has 3 aromatic rings. The lowest BCUT2D eigenvalue weighted by Gasteiger charge is -2.13. The number of nitrogens with one attached hydrogen (secondary N) is 1. The molecule has 0 fully saturated rings. The van der Waals surface area contributed by atoms with E-state index in [1.54, 1.807) is 6.20 Å². The number of nitrogens with zero attached hydrogens (tertiary/aromatic N) is 1. The number of benzene rings is 2. The Hall–Kier alpha value is -2.81. The van der Waals surface area contributed by atoms with Gasteiger partial charge in [0.05, 0.1) is 5.69 Å². The highest BCUT2D eigenvalue weighted by molar-refractivity contribution is 5.71. The Labute approximate surface area is 124 Å². The second-order valence-electron chi connectivity index (χ2n) is 4.88. The first-order chi connectivity index (χ1) is 10.3. The minimum absolute atomic E-state index is 0.506. The van der Waals surface area contributed by atoms with Crippen molar-refractivity contribution in [3.63, 3.8) is 0 Å². The molecule has 3 rings (SSSR count). The van der Waals surface area contributed by atoms with Gasteiger partial charge in [-0.05, 0) is 35.7 Å². The summed E-state index contributed by atoms with van der Waals surface area (Å²) in [4.78, 5) is 4.10. The average Bonchev–Trinajstić information content (AvgIpc) is 2.52. The van der Waals surface area contributed by atoms with Crippen LogP contribution in [-0.4, -0.2) is 4.98 Å². The molecule has 3 heteroatoms. The molecule has 0 aliphatic carbocycles. The van der Waals surface area contributed by atoms with Crippen molar-refractivity contribution in [2.45, 2.75) is 6.42 Å². The molecule has 0 aliphatic heterocycles. The fourth-order valence-corrected chi connectivity index (χ4v) is 2.28. The number of nitrogen functional groups attached to an aromatic ring is 1. The number of aromatic nitrogens is 1. The minimum atomic E-state index is 0.506. The van der Waals surface area contributed by atoms with Crippen LogP contribution in [0.4, 0.5) is 17.2 Å². The molecule has 0 amide bonds. The Morgan fingerprint density at radius 2 is 1.52 bits per heavy atom. The van der Waals surface area contributed by atoms with Crippen molar-refractivity contribution in [1.82, 2.24) is 4.98 Å². The highest BCUT2D eigenvalue weighted by Crippen LogP contribution is 2.25. The van der Waals surface area contributed by atoms with Gasteiger partial charge in [0.15, 0.2) is 0 Å². The lowest BCUT2D eigenvalue weighted by atomic mass is 10.0. The molecule has 1 aromatic heterocycles. The van der Waals surface area contributed by atoms with Gasteiger partial charge in [0.1, 0.15) is 5.82 Å². The smallest absolute Gasteiger partial charge is 0.147 e. The van der Waals surface area contributed by atoms with Crippen LogP contribution in [0.1, 0.15) is 11.1 Å². The van der Waals surface area contributed by atoms with Gasteiger partial charge in [-0.1, -0.05) is 48.5 Å². The molecule has 3 N–H and O–H groups in total. The van der Waals surface area contributed by atoms with Crippen molar-refractivity contribution >= 4 is 17.2 Å². The maximum atomic E-state index is 5.90. The van der Waals surface area contributed by atoms with Crippen LogP contribution in [0.3, 0.4) is 0 Å². The first-order valence-electron chi connectivity index (χ1n) is 6.92. The number of para-hydroxylation sites is 1. The van der Waals surface area contributed by atoms with Crippen molar-refractivity contribution in [2.75, 3.05) is 11.1 Å². The summed E-state index contributed by atoms with van der Waals surface area (Å²) in [6.45, 7) is 0. The van der Waals surface area contributed by atoms with E-state index in [9.17, 15) is 0 Å². The zero-order valence-corrected chi connectivity index (χ0v) is 11.7. The highest BCUT2D eigenvalue weighted by atomic mass is 15.0. The topological polar surface area (TPSA) is 50.9 Å². The van der Waals surface area contributed by atoms with Gasteiger partial charge < -0.3 is 11.1 Å². The third-order valence-electron chi connectivity index (χ3n) is 3.36. The molecule has 0 unspecified atom stereocenters. The standard InChI is InChI=1S/C18H17N3/c19-18-17(11-6-12-20-18)21-16-10-5-4-9-15(16)13-14-7-2-1-3-8-14/h1-12,21H,13H2,(H2,19,20). The number of nitrogens with two attached hydrogens (primary N) is 1. The van der Waals surface area contributed by atoms with E-state index in [1.165, 1.54) is 11.1 Å². The van der Waals surface area contributed by atoms with Crippen molar-refractivity contribution < 1.29 is 0 Å². The second kappa shape index (κ2) is 6.09. The van der Waals surface area contributed by atoms with Crippen LogP contribution in [0.25, 0.3) is 0 Å². The zero-order valence-electron chi connectivity index (χ0n) is 11.7. The summed E-state index contributed by atoms with van der Waals surface area (Å²) in [5.74, 6) is 0.506. The summed E-state index contributed by atoms with van der Waals surface area (Å²) < 4.78 is 0. The summed E-state index contributed by atoms with van der Waals surface area (Å²) in [5, 5.41) is 3.37. The summed E-state index contributed by atoms with van der Waals surface area (Å²) in [6, 6.07) is 22.5. The van der Waals surface area contributed by atoms with Crippen molar-refractivity contribution in [1.29, 1.82) is 0 Å². The fourth-order valence-electron chi connectivity index (χ4n) is 2.28. The Kier molecular flexibility index (Phi) is 3.83. The zero-order chi connectivity index (χ0) is 14.5. The monoisotopic (exact) mass is 275 g/mol. The maximum Gasteiger partial charge on any atom is 0.147 e. The van der Waals surface area contributed by atoms with Crippen LogP contribution in [0, 0.1) is 0 Å². The Morgan fingerprint density at radius 3 is 2.33 bits per heavy atom. The molecule has 0 bridgehead atoms. The molecule has 0 spiro atoms. The van der Waals surface area contributed by atoms with Gasteiger partial charge in [0.2, 0.25) is 0 Å². The predicted molar refractivity (Wildman–Crippen MR) is 87.6 cm³/mol. The van der Waals surface area contributed by atoms with Crippen LogP contribution < -0.4 is 11.1 Å². The third kappa shape index (κ3) is 3.20. The Bertz CT molecular complexity index is 723. The number of hydrogen-bond acceptors (Lipinski definition) is 3. The van der Waals surface area contributed by atoms with Crippen LogP contribution in [0.15, 0.2) is 72.9 Å². The largest absolute Gasteiger partial charge is 0.382 e. The molecule has 3 nitrogen and oxygen atoms in total. The molecule has 2 aromatic carbocycles. The summed E-state index contributed by atoms with van der Waals surface area (Å²) >= 11 is 0. The number of rotatable bonds is 4. The molecule has 0 saturated carbocycles. The third-order valence-corrected chi connectivity index (χ3v) is 3.36. The van der Waals surface area contributed by atoms with Gasteiger partial charge in [0, 0.05) is 11.9 Å². The molecule has 0 atom stereocenters. The quantitative estimate of drug-likeness (QED) is 0.756. The normalized spacial score (nSPS) is 10.3. The second-order valence-corrected chi connectivity index (χ2v) is 4.88. The van der Waals surface area contributed by atoms with Gasteiger partial charge in [0.25, 0.3) is 0 Å². The molecular weight excluding hydrogens is 258 g/mol. The van der Waals surface area contributed by atoms with Crippen molar-refractivity contribution in [2.24, 2.45) is 0 Å². The lowest BCUT2D eigenvalue weighted by Crippen LogP contribution is -2.01. The Morgan fingerprint density at radius 1 is 0.810 bits per heavy atom. The summed E-state index contributed by atoms with van der Waals surface area (Å²) in [7, 11) is 0. The molecule has 0 saturated heterocycles. The number of hydrogen-bond donors (Lipinski definition) is 2. The fraction of sp³-hybridized carbons (Fsp3) is 0.0556. The van der Waals surface area contributed by atoms with Crippen LogP contribution in [0.2, 0.25) is 0 Å². The average molecular weight is 275 g/mol. The van der Waals surface area contributed by atoms with E-state index in [-0.39, 0.29) is 0 Å². The molecule has 0 radical (unpaired) electrons. The molecule has 21 heavy (non-hydrogen) atoms. The van der Waals surface area contributed by atoms with E-state index >= 15 is 0 Å². The highest BCUT2D eigenvalue weighted by Gasteiger charge is 2.05. The van der Waals surface area contributed by atoms with Crippen LogP contribution >= 0.6 is 0 Å². The van der Waals surface area contributed by atoms with E-state index in [0.717, 1.165) is 17.8 Å². The van der Waals surface area contributed by atoms with Gasteiger partial charge in [-0.2, -0.15) is 0 Å². The Balaban J connectivity index is 1.88. The summed E-state index contributed by atoms with van der Waals surface area (Å²) in [6.07, 6.45) is 2.57. The number of anilines is 3. The molecule has 104 valence electrons. The molecular formula is C18H17N3. The SMILES string of the molecule is Nc1ncccc1Nc1ccccc1Cc1ccccc1.